The van der Waals surface area contributed by atoms with E-state index in [9.17, 15) is 4.79 Å². The third kappa shape index (κ3) is 6.58. The largest absolute Gasteiger partial charge is 0.465 e. The van der Waals surface area contributed by atoms with E-state index in [-0.39, 0.29) is 0 Å². The van der Waals surface area contributed by atoms with Crippen molar-refractivity contribution in [3.63, 3.8) is 0 Å². The van der Waals surface area contributed by atoms with Gasteiger partial charge in [0, 0.05) is 11.7 Å². The number of benzene rings is 1. The van der Waals surface area contributed by atoms with E-state index in [0.29, 0.717) is 11.7 Å². The van der Waals surface area contributed by atoms with Crippen LogP contribution in [0.1, 0.15) is 32.1 Å². The number of nitrogens with one attached hydrogen (secondary N) is 1. The summed E-state index contributed by atoms with van der Waals surface area (Å²) in [6.45, 7) is 0. The standard InChI is InChI=1S/C7H7NO2.C6H13N/c9-7(10)8-6-4-2-1-3-5-6;7-6-4-2-1-3-5-6/h1-5,8H,(H,9,10);6H,1-5,7H2. The van der Waals surface area contributed by atoms with Crippen LogP contribution in [0.5, 0.6) is 0 Å². The van der Waals surface area contributed by atoms with Gasteiger partial charge in [-0.3, -0.25) is 5.32 Å². The summed E-state index contributed by atoms with van der Waals surface area (Å²) < 4.78 is 0. The fourth-order valence-corrected chi connectivity index (χ4v) is 1.78. The van der Waals surface area contributed by atoms with Gasteiger partial charge in [-0.25, -0.2) is 4.79 Å². The molecule has 0 aliphatic heterocycles. The quantitative estimate of drug-likeness (QED) is 0.701. The van der Waals surface area contributed by atoms with Gasteiger partial charge in [0.2, 0.25) is 0 Å². The van der Waals surface area contributed by atoms with Gasteiger partial charge >= 0.3 is 6.09 Å². The van der Waals surface area contributed by atoms with Crippen LogP contribution in [-0.2, 0) is 0 Å². The molecule has 17 heavy (non-hydrogen) atoms. The maximum absolute atomic E-state index is 10.1. The Balaban J connectivity index is 0.000000181. The molecule has 1 saturated carbocycles. The molecule has 4 N–H and O–H groups in total. The normalized spacial score (nSPS) is 15.6. The molecular weight excluding hydrogens is 216 g/mol. The van der Waals surface area contributed by atoms with Crippen LogP contribution in [0.4, 0.5) is 10.5 Å². The second-order valence-electron chi connectivity index (χ2n) is 4.19. The van der Waals surface area contributed by atoms with Crippen LogP contribution in [0, 0.1) is 0 Å². The molecule has 94 valence electrons. The lowest BCUT2D eigenvalue weighted by Gasteiger charge is -2.15. The molecule has 1 amide bonds. The Hall–Kier alpha value is -1.55. The SMILES string of the molecule is NC1CCCCC1.O=C(O)Nc1ccccc1. The molecule has 0 heterocycles. The molecule has 0 saturated heterocycles. The highest BCUT2D eigenvalue weighted by Gasteiger charge is 2.06. The molecule has 1 aromatic rings. The van der Waals surface area contributed by atoms with Crippen LogP contribution < -0.4 is 11.1 Å². The molecule has 4 nitrogen and oxygen atoms in total. The summed E-state index contributed by atoms with van der Waals surface area (Å²) in [5.41, 5.74) is 6.23. The minimum Gasteiger partial charge on any atom is -0.465 e. The monoisotopic (exact) mass is 236 g/mol. The first-order chi connectivity index (χ1) is 8.18. The van der Waals surface area contributed by atoms with E-state index < -0.39 is 6.09 Å². The van der Waals surface area contributed by atoms with Crippen molar-refractivity contribution in [2.75, 3.05) is 5.32 Å². The molecule has 1 aliphatic rings. The van der Waals surface area contributed by atoms with Crippen molar-refractivity contribution in [1.82, 2.24) is 0 Å². The van der Waals surface area contributed by atoms with Crippen molar-refractivity contribution in [2.45, 2.75) is 38.1 Å². The third-order valence-corrected chi connectivity index (χ3v) is 2.67. The summed E-state index contributed by atoms with van der Waals surface area (Å²) in [4.78, 5) is 10.1. The van der Waals surface area contributed by atoms with Crippen LogP contribution in [0.2, 0.25) is 0 Å². The van der Waals surface area contributed by atoms with Gasteiger partial charge < -0.3 is 10.8 Å². The second-order valence-corrected chi connectivity index (χ2v) is 4.19. The molecule has 1 aromatic carbocycles. The van der Waals surface area contributed by atoms with Crippen LogP contribution in [0.3, 0.4) is 0 Å². The minimum atomic E-state index is -1.04. The number of carbonyl (C=O) groups is 1. The number of para-hydroxylation sites is 1. The molecule has 0 atom stereocenters. The summed E-state index contributed by atoms with van der Waals surface area (Å²) >= 11 is 0. The van der Waals surface area contributed by atoms with Crippen molar-refractivity contribution >= 4 is 11.8 Å². The van der Waals surface area contributed by atoms with E-state index in [4.69, 9.17) is 10.8 Å². The number of anilines is 1. The van der Waals surface area contributed by atoms with E-state index in [1.165, 1.54) is 32.1 Å². The lowest BCUT2D eigenvalue weighted by Crippen LogP contribution is -2.22. The summed E-state index contributed by atoms with van der Waals surface area (Å²) in [6.07, 6.45) is 5.63. The fourth-order valence-electron chi connectivity index (χ4n) is 1.78. The first kappa shape index (κ1) is 13.5. The summed E-state index contributed by atoms with van der Waals surface area (Å²) in [5, 5.41) is 10.5. The van der Waals surface area contributed by atoms with Crippen LogP contribution in [0.25, 0.3) is 0 Å². The molecular formula is C13H20N2O2. The first-order valence-corrected chi connectivity index (χ1v) is 5.99. The van der Waals surface area contributed by atoms with Crippen molar-refractivity contribution in [3.05, 3.63) is 30.3 Å². The van der Waals surface area contributed by atoms with Gasteiger partial charge in [0.05, 0.1) is 0 Å². The zero-order chi connectivity index (χ0) is 12.5. The average molecular weight is 236 g/mol. The highest BCUT2D eigenvalue weighted by atomic mass is 16.4. The number of amides is 1. The Morgan fingerprint density at radius 2 is 1.76 bits per heavy atom. The first-order valence-electron chi connectivity index (χ1n) is 5.99. The topological polar surface area (TPSA) is 75.4 Å². The van der Waals surface area contributed by atoms with Crippen LogP contribution in [-0.4, -0.2) is 17.2 Å². The predicted octanol–water partition coefficient (Wildman–Crippen LogP) is 3.05. The maximum Gasteiger partial charge on any atom is 0.409 e. The van der Waals surface area contributed by atoms with Gasteiger partial charge in [-0.1, -0.05) is 37.5 Å². The van der Waals surface area contributed by atoms with Crippen LogP contribution in [0.15, 0.2) is 30.3 Å². The van der Waals surface area contributed by atoms with Gasteiger partial charge in [-0.05, 0) is 25.0 Å². The van der Waals surface area contributed by atoms with Crippen LogP contribution >= 0.6 is 0 Å². The average Bonchev–Trinajstić information content (AvgIpc) is 2.31. The lowest BCUT2D eigenvalue weighted by molar-refractivity contribution is 0.210. The summed E-state index contributed by atoms with van der Waals surface area (Å²) in [7, 11) is 0. The van der Waals surface area contributed by atoms with E-state index in [0.717, 1.165) is 0 Å². The molecule has 1 aliphatic carbocycles. The Labute approximate surface area is 102 Å². The Bertz CT molecular complexity index is 321. The number of rotatable bonds is 1. The van der Waals surface area contributed by atoms with Crippen molar-refractivity contribution in [2.24, 2.45) is 5.73 Å². The molecule has 0 aromatic heterocycles. The van der Waals surface area contributed by atoms with E-state index in [1.54, 1.807) is 24.3 Å². The Morgan fingerprint density at radius 3 is 2.18 bits per heavy atom. The molecule has 0 unspecified atom stereocenters. The number of carboxylic acid groups (broad SMARTS) is 1. The number of hydrogen-bond acceptors (Lipinski definition) is 2. The lowest BCUT2D eigenvalue weighted by atomic mass is 9.97. The van der Waals surface area contributed by atoms with Gasteiger partial charge in [0.1, 0.15) is 0 Å². The van der Waals surface area contributed by atoms with E-state index in [2.05, 4.69) is 5.32 Å². The maximum atomic E-state index is 10.1. The molecule has 0 spiro atoms. The van der Waals surface area contributed by atoms with E-state index >= 15 is 0 Å². The van der Waals surface area contributed by atoms with Crippen molar-refractivity contribution in [3.8, 4) is 0 Å². The highest BCUT2D eigenvalue weighted by molar-refractivity contribution is 5.82. The van der Waals surface area contributed by atoms with Gasteiger partial charge in [0.15, 0.2) is 0 Å². The van der Waals surface area contributed by atoms with E-state index in [1.807, 2.05) is 6.07 Å². The number of nitrogens with two attached hydrogens (primary N) is 1. The summed E-state index contributed by atoms with van der Waals surface area (Å²) in [5.74, 6) is 0. The molecule has 0 bridgehead atoms. The second kappa shape index (κ2) is 7.68. The smallest absolute Gasteiger partial charge is 0.409 e. The molecule has 1 fully saturated rings. The highest BCUT2D eigenvalue weighted by Crippen LogP contribution is 2.14. The van der Waals surface area contributed by atoms with Crippen molar-refractivity contribution in [1.29, 1.82) is 0 Å². The van der Waals surface area contributed by atoms with Gasteiger partial charge in [-0.2, -0.15) is 0 Å². The van der Waals surface area contributed by atoms with Crippen molar-refractivity contribution < 1.29 is 9.90 Å². The molecule has 4 heteroatoms. The molecule has 0 radical (unpaired) electrons. The predicted molar refractivity (Wildman–Crippen MR) is 69.1 cm³/mol. The van der Waals surface area contributed by atoms with Gasteiger partial charge in [-0.15, -0.1) is 0 Å². The fraction of sp³-hybridized carbons (Fsp3) is 0.462. The number of hydrogen-bond donors (Lipinski definition) is 3. The third-order valence-electron chi connectivity index (χ3n) is 2.67. The minimum absolute atomic E-state index is 0.536. The summed E-state index contributed by atoms with van der Waals surface area (Å²) in [6, 6.07) is 9.28. The Morgan fingerprint density at radius 1 is 1.18 bits per heavy atom. The zero-order valence-corrected chi connectivity index (χ0v) is 9.93. The van der Waals surface area contributed by atoms with Gasteiger partial charge in [0.25, 0.3) is 0 Å². The Kier molecular flexibility index (Phi) is 6.10. The zero-order valence-electron chi connectivity index (χ0n) is 9.93. The molecule has 2 rings (SSSR count).